The number of nitrogen functional groups attached to an aromatic ring is 1. The van der Waals surface area contributed by atoms with Gasteiger partial charge in [-0.25, -0.2) is 9.97 Å². The fraction of sp³-hybridized carbons (Fsp3) is 0. The van der Waals surface area contributed by atoms with Crippen LogP contribution in [0.5, 0.6) is 0 Å². The summed E-state index contributed by atoms with van der Waals surface area (Å²) in [4.78, 5) is 19.5. The van der Waals surface area contributed by atoms with E-state index in [1.165, 1.54) is 23.6 Å². The highest BCUT2D eigenvalue weighted by molar-refractivity contribution is 9.11. The molecule has 0 radical (unpaired) electrons. The van der Waals surface area contributed by atoms with Crippen molar-refractivity contribution in [1.82, 2.24) is 9.97 Å². The third-order valence-corrected chi connectivity index (χ3v) is 3.13. The Labute approximate surface area is 104 Å². The van der Waals surface area contributed by atoms with Gasteiger partial charge < -0.3 is 5.73 Å². The Morgan fingerprint density at radius 3 is 2.94 bits per heavy atom. The van der Waals surface area contributed by atoms with Gasteiger partial charge in [-0.3, -0.25) is 10.1 Å². The number of aromatic nitrogens is 2. The quantitative estimate of drug-likeness (QED) is 0.890. The molecule has 2 heterocycles. The van der Waals surface area contributed by atoms with E-state index in [1.54, 1.807) is 12.3 Å². The molecule has 1 amide bonds. The lowest BCUT2D eigenvalue weighted by molar-refractivity contribution is 0.102. The summed E-state index contributed by atoms with van der Waals surface area (Å²) < 4.78 is 0.858. The molecule has 0 bridgehead atoms. The topological polar surface area (TPSA) is 80.9 Å². The molecule has 0 unspecified atom stereocenters. The molecule has 3 N–H and O–H groups in total. The van der Waals surface area contributed by atoms with Gasteiger partial charge in [0.05, 0.1) is 9.98 Å². The number of pyridine rings is 1. The highest BCUT2D eigenvalue weighted by atomic mass is 79.9. The average Bonchev–Trinajstić information content (AvgIpc) is 2.64. The number of nitrogens with one attached hydrogen (secondary N) is 1. The van der Waals surface area contributed by atoms with Crippen molar-refractivity contribution in [1.29, 1.82) is 0 Å². The van der Waals surface area contributed by atoms with Gasteiger partial charge in [-0.2, -0.15) is 0 Å². The van der Waals surface area contributed by atoms with Crippen LogP contribution in [0.3, 0.4) is 0 Å². The normalized spacial score (nSPS) is 10.1. The maximum absolute atomic E-state index is 11.7. The van der Waals surface area contributed by atoms with E-state index in [2.05, 4.69) is 31.2 Å². The van der Waals surface area contributed by atoms with Crippen molar-refractivity contribution >= 4 is 44.1 Å². The van der Waals surface area contributed by atoms with Gasteiger partial charge in [0.25, 0.3) is 5.91 Å². The second-order valence-corrected chi connectivity index (χ2v) is 5.30. The number of rotatable bonds is 2. The van der Waals surface area contributed by atoms with E-state index in [4.69, 9.17) is 5.73 Å². The lowest BCUT2D eigenvalue weighted by Crippen LogP contribution is -2.12. The monoisotopic (exact) mass is 298 g/mol. The Kier molecular flexibility index (Phi) is 3.16. The van der Waals surface area contributed by atoms with E-state index in [-0.39, 0.29) is 5.91 Å². The highest BCUT2D eigenvalue weighted by Gasteiger charge is 2.08. The van der Waals surface area contributed by atoms with E-state index in [0.29, 0.717) is 16.5 Å². The molecule has 0 atom stereocenters. The predicted molar refractivity (Wildman–Crippen MR) is 66.4 cm³/mol. The summed E-state index contributed by atoms with van der Waals surface area (Å²) in [6.07, 6.45) is 3.11. The van der Waals surface area contributed by atoms with Crippen molar-refractivity contribution in [3.63, 3.8) is 0 Å². The predicted octanol–water partition coefficient (Wildman–Crippen LogP) is 2.14. The number of carbonyl (C=O) groups excluding carboxylic acids is 1. The standard InChI is InChI=1S/C9H7BrN4OS/c10-6-4-13-9(16-6)14-8(15)5-1-2-12-7(11)3-5/h1-4H,(H2,11,12)(H,13,14,15). The minimum atomic E-state index is -0.254. The Hall–Kier alpha value is -1.47. The number of thiazole rings is 1. The minimum Gasteiger partial charge on any atom is -0.384 e. The van der Waals surface area contributed by atoms with Gasteiger partial charge in [0.1, 0.15) is 5.82 Å². The van der Waals surface area contributed by atoms with E-state index >= 15 is 0 Å². The number of hydrogen-bond donors (Lipinski definition) is 2. The van der Waals surface area contributed by atoms with Gasteiger partial charge in [-0.15, -0.1) is 0 Å². The zero-order valence-corrected chi connectivity index (χ0v) is 10.4. The molecule has 0 aliphatic carbocycles. The first-order valence-electron chi connectivity index (χ1n) is 4.29. The third-order valence-electron chi connectivity index (χ3n) is 1.74. The van der Waals surface area contributed by atoms with Crippen molar-refractivity contribution in [2.45, 2.75) is 0 Å². The molecular weight excluding hydrogens is 292 g/mol. The summed E-state index contributed by atoms with van der Waals surface area (Å²) in [5.74, 6) is 0.0592. The van der Waals surface area contributed by atoms with E-state index < -0.39 is 0 Å². The molecule has 0 saturated carbocycles. The van der Waals surface area contributed by atoms with Crippen LogP contribution in [-0.4, -0.2) is 15.9 Å². The summed E-state index contributed by atoms with van der Waals surface area (Å²) in [6, 6.07) is 3.10. The highest BCUT2D eigenvalue weighted by Crippen LogP contribution is 2.23. The van der Waals surface area contributed by atoms with Gasteiger partial charge in [-0.1, -0.05) is 11.3 Å². The number of nitrogens with zero attached hydrogens (tertiary/aromatic N) is 2. The molecule has 7 heteroatoms. The van der Waals surface area contributed by atoms with Crippen LogP contribution in [0.2, 0.25) is 0 Å². The first-order valence-corrected chi connectivity index (χ1v) is 5.90. The summed E-state index contributed by atoms with van der Waals surface area (Å²) in [7, 11) is 0. The lowest BCUT2D eigenvalue weighted by Gasteiger charge is -2.01. The van der Waals surface area contributed by atoms with Crippen LogP contribution in [0.4, 0.5) is 10.9 Å². The van der Waals surface area contributed by atoms with Gasteiger partial charge in [0.2, 0.25) is 0 Å². The fourth-order valence-electron chi connectivity index (χ4n) is 1.07. The number of carbonyl (C=O) groups is 1. The largest absolute Gasteiger partial charge is 0.384 e. The molecule has 5 nitrogen and oxygen atoms in total. The summed E-state index contributed by atoms with van der Waals surface area (Å²) in [5.41, 5.74) is 5.94. The molecule has 0 fully saturated rings. The molecule has 0 aliphatic rings. The number of amides is 1. The van der Waals surface area contributed by atoms with Gasteiger partial charge in [0.15, 0.2) is 5.13 Å². The van der Waals surface area contributed by atoms with Crippen molar-refractivity contribution in [3.8, 4) is 0 Å². The molecule has 0 aromatic carbocycles. The molecule has 0 saturated heterocycles. The fourth-order valence-corrected chi connectivity index (χ4v) is 2.17. The van der Waals surface area contributed by atoms with Crippen LogP contribution in [0.25, 0.3) is 0 Å². The number of halogens is 1. The minimum absolute atomic E-state index is 0.254. The third kappa shape index (κ3) is 2.56. The molecule has 2 aromatic rings. The first-order chi connectivity index (χ1) is 7.65. The average molecular weight is 299 g/mol. The zero-order chi connectivity index (χ0) is 11.5. The maximum Gasteiger partial charge on any atom is 0.257 e. The van der Waals surface area contributed by atoms with Crippen LogP contribution in [0, 0.1) is 0 Å². The van der Waals surface area contributed by atoms with Crippen molar-refractivity contribution < 1.29 is 4.79 Å². The molecule has 0 aliphatic heterocycles. The van der Waals surface area contributed by atoms with Crippen LogP contribution in [0.1, 0.15) is 10.4 Å². The molecule has 0 spiro atoms. The number of hydrogen-bond acceptors (Lipinski definition) is 5. The Balaban J connectivity index is 2.14. The SMILES string of the molecule is Nc1cc(C(=O)Nc2ncc(Br)s2)ccn1. The zero-order valence-electron chi connectivity index (χ0n) is 7.98. The van der Waals surface area contributed by atoms with Gasteiger partial charge in [0, 0.05) is 11.8 Å². The summed E-state index contributed by atoms with van der Waals surface area (Å²) in [5, 5.41) is 3.20. The lowest BCUT2D eigenvalue weighted by atomic mass is 10.2. The Morgan fingerprint density at radius 2 is 2.31 bits per heavy atom. The summed E-state index contributed by atoms with van der Waals surface area (Å²) >= 11 is 4.61. The Bertz CT molecular complexity index is 528. The van der Waals surface area contributed by atoms with Gasteiger partial charge >= 0.3 is 0 Å². The summed E-state index contributed by atoms with van der Waals surface area (Å²) in [6.45, 7) is 0. The van der Waals surface area contributed by atoms with Crippen LogP contribution >= 0.6 is 27.3 Å². The first kappa shape index (κ1) is 11.0. The van der Waals surface area contributed by atoms with Crippen LogP contribution < -0.4 is 11.1 Å². The molecule has 82 valence electrons. The van der Waals surface area contributed by atoms with Crippen LogP contribution in [0.15, 0.2) is 28.3 Å². The molecule has 2 rings (SSSR count). The Morgan fingerprint density at radius 1 is 1.50 bits per heavy atom. The van der Waals surface area contributed by atoms with Crippen molar-refractivity contribution in [3.05, 3.63) is 33.9 Å². The second-order valence-electron chi connectivity index (χ2n) is 2.89. The molecule has 16 heavy (non-hydrogen) atoms. The van der Waals surface area contributed by atoms with Gasteiger partial charge in [-0.05, 0) is 28.1 Å². The maximum atomic E-state index is 11.7. The molecule has 2 aromatic heterocycles. The van der Waals surface area contributed by atoms with E-state index in [1.807, 2.05) is 0 Å². The van der Waals surface area contributed by atoms with Crippen molar-refractivity contribution in [2.75, 3.05) is 11.1 Å². The van der Waals surface area contributed by atoms with E-state index in [9.17, 15) is 4.79 Å². The smallest absolute Gasteiger partial charge is 0.257 e. The molecular formula is C9H7BrN4OS. The second kappa shape index (κ2) is 4.58. The van der Waals surface area contributed by atoms with E-state index in [0.717, 1.165) is 3.79 Å². The number of nitrogens with two attached hydrogens (primary N) is 1. The van der Waals surface area contributed by atoms with Crippen molar-refractivity contribution in [2.24, 2.45) is 0 Å². The van der Waals surface area contributed by atoms with Crippen LogP contribution in [-0.2, 0) is 0 Å². The number of anilines is 2.